The summed E-state index contributed by atoms with van der Waals surface area (Å²) in [6.45, 7) is 2.98. The number of aryl methyl sites for hydroxylation is 3. The predicted molar refractivity (Wildman–Crippen MR) is 78.7 cm³/mol. The summed E-state index contributed by atoms with van der Waals surface area (Å²) < 4.78 is 38.8. The molecule has 0 spiro atoms. The Kier molecular flexibility index (Phi) is 3.78. The van der Waals surface area contributed by atoms with Crippen LogP contribution in [-0.4, -0.2) is 28.3 Å². The molecule has 122 valence electrons. The Bertz CT molecular complexity index is 918. The molecule has 3 aromatic heterocycles. The van der Waals surface area contributed by atoms with Crippen molar-refractivity contribution < 1.29 is 17.5 Å². The van der Waals surface area contributed by atoms with Crippen LogP contribution in [0.4, 0.5) is 0 Å². The molecule has 0 amide bonds. The maximum atomic E-state index is 12.3. The van der Waals surface area contributed by atoms with E-state index in [9.17, 15) is 8.42 Å². The number of nitrogens with zero attached hydrogens (tertiary/aromatic N) is 4. The van der Waals surface area contributed by atoms with Crippen LogP contribution in [-0.2, 0) is 23.6 Å². The molecular formula is C13H15N5O4S. The van der Waals surface area contributed by atoms with Gasteiger partial charge in [-0.05, 0) is 26.0 Å². The Balaban J connectivity index is 1.77. The third-order valence-corrected chi connectivity index (χ3v) is 4.94. The Labute approximate surface area is 132 Å². The zero-order valence-corrected chi connectivity index (χ0v) is 13.6. The van der Waals surface area contributed by atoms with Crippen molar-refractivity contribution in [3.05, 3.63) is 35.7 Å². The lowest BCUT2D eigenvalue weighted by Crippen LogP contribution is -2.24. The van der Waals surface area contributed by atoms with Crippen LogP contribution in [0, 0.1) is 13.8 Å². The predicted octanol–water partition coefficient (Wildman–Crippen LogP) is 1.16. The molecule has 9 nitrogen and oxygen atoms in total. The third-order valence-electron chi connectivity index (χ3n) is 3.29. The standard InChI is InChI=1S/C13H15N5O4S/c1-8-12(9(2)21-16-8)23(19,20)14-7-11-15-13(17-22-11)10-5-4-6-18(10)3/h4-6,14H,7H2,1-3H3. The van der Waals surface area contributed by atoms with Gasteiger partial charge in [-0.3, -0.25) is 0 Å². The molecule has 23 heavy (non-hydrogen) atoms. The summed E-state index contributed by atoms with van der Waals surface area (Å²) in [6, 6.07) is 3.69. The molecule has 0 aromatic carbocycles. The highest BCUT2D eigenvalue weighted by atomic mass is 32.2. The van der Waals surface area contributed by atoms with Gasteiger partial charge in [0.25, 0.3) is 0 Å². The minimum atomic E-state index is -3.77. The first-order valence-corrected chi connectivity index (χ1v) is 8.23. The third kappa shape index (κ3) is 2.90. The van der Waals surface area contributed by atoms with E-state index in [4.69, 9.17) is 9.05 Å². The van der Waals surface area contributed by atoms with Crippen molar-refractivity contribution >= 4 is 10.0 Å². The van der Waals surface area contributed by atoms with Gasteiger partial charge in [-0.2, -0.15) is 4.98 Å². The molecule has 0 radical (unpaired) electrons. The maximum absolute atomic E-state index is 12.3. The van der Waals surface area contributed by atoms with Crippen molar-refractivity contribution in [1.29, 1.82) is 0 Å². The molecule has 0 aliphatic heterocycles. The molecule has 3 aromatic rings. The molecule has 3 heterocycles. The fourth-order valence-corrected chi connectivity index (χ4v) is 3.51. The van der Waals surface area contributed by atoms with Gasteiger partial charge in [0.15, 0.2) is 5.76 Å². The summed E-state index contributed by atoms with van der Waals surface area (Å²) in [4.78, 5) is 4.21. The quantitative estimate of drug-likeness (QED) is 0.742. The van der Waals surface area contributed by atoms with E-state index in [2.05, 4.69) is 20.0 Å². The van der Waals surface area contributed by atoms with Crippen LogP contribution in [0.3, 0.4) is 0 Å². The fourth-order valence-electron chi connectivity index (χ4n) is 2.21. The van der Waals surface area contributed by atoms with E-state index in [1.54, 1.807) is 6.92 Å². The number of sulfonamides is 1. The van der Waals surface area contributed by atoms with E-state index in [-0.39, 0.29) is 23.1 Å². The van der Waals surface area contributed by atoms with Crippen molar-refractivity contribution in [2.75, 3.05) is 0 Å². The summed E-state index contributed by atoms with van der Waals surface area (Å²) in [5, 5.41) is 7.48. The average Bonchev–Trinajstić information content (AvgIpc) is 3.18. The molecule has 0 aliphatic carbocycles. The lowest BCUT2D eigenvalue weighted by molar-refractivity contribution is 0.375. The zero-order chi connectivity index (χ0) is 16.6. The lowest BCUT2D eigenvalue weighted by atomic mass is 10.4. The van der Waals surface area contributed by atoms with Gasteiger partial charge in [0, 0.05) is 13.2 Å². The van der Waals surface area contributed by atoms with E-state index in [0.717, 1.165) is 5.69 Å². The fraction of sp³-hybridized carbons (Fsp3) is 0.308. The zero-order valence-electron chi connectivity index (χ0n) is 12.8. The SMILES string of the molecule is Cc1noc(C)c1S(=O)(=O)NCc1nc(-c2cccn2C)no1. The number of rotatable bonds is 5. The smallest absolute Gasteiger partial charge is 0.246 e. The number of nitrogens with one attached hydrogen (secondary N) is 1. The summed E-state index contributed by atoms with van der Waals surface area (Å²) in [6.07, 6.45) is 1.85. The normalized spacial score (nSPS) is 12.0. The molecule has 1 N–H and O–H groups in total. The second-order valence-electron chi connectivity index (χ2n) is 4.99. The summed E-state index contributed by atoms with van der Waals surface area (Å²) in [7, 11) is -1.92. The topological polar surface area (TPSA) is 116 Å². The molecule has 0 fully saturated rings. The number of aromatic nitrogens is 4. The van der Waals surface area contributed by atoms with Crippen molar-refractivity contribution in [2.45, 2.75) is 25.3 Å². The van der Waals surface area contributed by atoms with Gasteiger partial charge in [-0.1, -0.05) is 10.3 Å². The van der Waals surface area contributed by atoms with Gasteiger partial charge < -0.3 is 13.6 Å². The molecule has 0 aliphatic rings. The van der Waals surface area contributed by atoms with Gasteiger partial charge >= 0.3 is 0 Å². The molecule has 10 heteroatoms. The van der Waals surface area contributed by atoms with Crippen LogP contribution in [0.5, 0.6) is 0 Å². The number of hydrogen-bond donors (Lipinski definition) is 1. The van der Waals surface area contributed by atoms with Crippen molar-refractivity contribution in [2.24, 2.45) is 7.05 Å². The van der Waals surface area contributed by atoms with Crippen molar-refractivity contribution in [1.82, 2.24) is 24.6 Å². The van der Waals surface area contributed by atoms with E-state index in [1.807, 2.05) is 29.9 Å². The average molecular weight is 337 g/mol. The van der Waals surface area contributed by atoms with Crippen molar-refractivity contribution in [3.8, 4) is 11.5 Å². The van der Waals surface area contributed by atoms with Gasteiger partial charge in [0.1, 0.15) is 10.6 Å². The molecule has 0 saturated carbocycles. The van der Waals surface area contributed by atoms with Crippen molar-refractivity contribution in [3.63, 3.8) is 0 Å². The molecule has 0 unspecified atom stereocenters. The second-order valence-corrected chi connectivity index (χ2v) is 6.70. The van der Waals surface area contributed by atoms with Crippen LogP contribution < -0.4 is 4.72 Å². The van der Waals surface area contributed by atoms with Gasteiger partial charge in [-0.15, -0.1) is 0 Å². The van der Waals surface area contributed by atoms with Crippen LogP contribution >= 0.6 is 0 Å². The first-order valence-electron chi connectivity index (χ1n) is 6.75. The second kappa shape index (κ2) is 5.63. The molecule has 3 rings (SSSR count). The van der Waals surface area contributed by atoms with E-state index >= 15 is 0 Å². The molecule has 0 saturated heterocycles. The van der Waals surface area contributed by atoms with E-state index < -0.39 is 10.0 Å². The van der Waals surface area contributed by atoms with E-state index in [0.29, 0.717) is 11.5 Å². The Morgan fingerprint density at radius 1 is 1.26 bits per heavy atom. The highest BCUT2D eigenvalue weighted by Crippen LogP contribution is 2.19. The molecule has 0 bridgehead atoms. The van der Waals surface area contributed by atoms with Crippen LogP contribution in [0.2, 0.25) is 0 Å². The highest BCUT2D eigenvalue weighted by molar-refractivity contribution is 7.89. The summed E-state index contributed by atoms with van der Waals surface area (Å²) in [5.41, 5.74) is 1.07. The Morgan fingerprint density at radius 2 is 2.04 bits per heavy atom. The maximum Gasteiger partial charge on any atom is 0.246 e. The monoisotopic (exact) mass is 337 g/mol. The number of hydrogen-bond acceptors (Lipinski definition) is 7. The largest absolute Gasteiger partial charge is 0.360 e. The lowest BCUT2D eigenvalue weighted by Gasteiger charge is -2.03. The Hall–Kier alpha value is -2.46. The van der Waals surface area contributed by atoms with Gasteiger partial charge in [0.05, 0.1) is 12.2 Å². The van der Waals surface area contributed by atoms with Crippen LogP contribution in [0.15, 0.2) is 32.3 Å². The van der Waals surface area contributed by atoms with Crippen LogP contribution in [0.1, 0.15) is 17.3 Å². The highest BCUT2D eigenvalue weighted by Gasteiger charge is 2.24. The first-order chi connectivity index (χ1) is 10.9. The van der Waals surface area contributed by atoms with Gasteiger partial charge in [0.2, 0.25) is 21.7 Å². The minimum absolute atomic E-state index is 0.0275. The van der Waals surface area contributed by atoms with Crippen LogP contribution in [0.25, 0.3) is 11.5 Å². The molecule has 0 atom stereocenters. The minimum Gasteiger partial charge on any atom is -0.360 e. The Morgan fingerprint density at radius 3 is 2.65 bits per heavy atom. The first kappa shape index (κ1) is 15.4. The van der Waals surface area contributed by atoms with E-state index in [1.165, 1.54) is 6.92 Å². The summed E-state index contributed by atoms with van der Waals surface area (Å²) >= 11 is 0. The summed E-state index contributed by atoms with van der Waals surface area (Å²) in [5.74, 6) is 0.783. The molecular weight excluding hydrogens is 322 g/mol. The van der Waals surface area contributed by atoms with Gasteiger partial charge in [-0.25, -0.2) is 13.1 Å².